The average molecular weight is 464 g/mol. The fourth-order valence-corrected chi connectivity index (χ4v) is 6.48. The van der Waals surface area contributed by atoms with Crippen molar-refractivity contribution in [1.29, 1.82) is 0 Å². The van der Waals surface area contributed by atoms with Gasteiger partial charge in [0.1, 0.15) is 6.04 Å². The second-order valence-electron chi connectivity index (χ2n) is 8.49. The molecule has 1 saturated heterocycles. The second kappa shape index (κ2) is 7.97. The van der Waals surface area contributed by atoms with E-state index in [2.05, 4.69) is 5.32 Å². The van der Waals surface area contributed by atoms with Crippen molar-refractivity contribution in [3.8, 4) is 0 Å². The van der Waals surface area contributed by atoms with Crippen molar-refractivity contribution in [1.82, 2.24) is 4.31 Å². The summed E-state index contributed by atoms with van der Waals surface area (Å²) in [6.07, 6.45) is 1.08. The van der Waals surface area contributed by atoms with Crippen molar-refractivity contribution >= 4 is 44.0 Å². The minimum Gasteiger partial charge on any atom is -0.324 e. The molecule has 0 aromatic heterocycles. The first kappa shape index (κ1) is 21.6. The predicted octanol–water partition coefficient (Wildman–Crippen LogP) is 3.92. The van der Waals surface area contributed by atoms with Gasteiger partial charge in [-0.25, -0.2) is 8.42 Å². The van der Waals surface area contributed by atoms with Gasteiger partial charge >= 0.3 is 0 Å². The fourth-order valence-electron chi connectivity index (χ4n) is 4.82. The van der Waals surface area contributed by atoms with E-state index in [0.29, 0.717) is 37.2 Å². The lowest BCUT2D eigenvalue weighted by atomic mass is 10.0. The highest BCUT2D eigenvalue weighted by Crippen LogP contribution is 2.40. The van der Waals surface area contributed by atoms with Gasteiger partial charge in [0.05, 0.1) is 10.6 Å². The van der Waals surface area contributed by atoms with E-state index < -0.39 is 16.1 Å². The van der Waals surface area contributed by atoms with E-state index in [-0.39, 0.29) is 16.7 Å². The Kier molecular flexibility index (Phi) is 5.22. The third-order valence-electron chi connectivity index (χ3n) is 6.49. The number of hydrogen-bond donors (Lipinski definition) is 1. The molecule has 1 fully saturated rings. The summed E-state index contributed by atoms with van der Waals surface area (Å²) >= 11 is 0. The van der Waals surface area contributed by atoms with Crippen LogP contribution in [0.2, 0.25) is 0 Å². The molecule has 1 atom stereocenters. The molecule has 0 saturated carbocycles. The van der Waals surface area contributed by atoms with Crippen LogP contribution in [0.25, 0.3) is 10.8 Å². The number of aryl methyl sites for hydroxylation is 1. The molecule has 2 aliphatic rings. The third kappa shape index (κ3) is 3.41. The Hall–Kier alpha value is -3.23. The molecular formula is C25H25N3O4S. The molecule has 0 bridgehead atoms. The third-order valence-corrected chi connectivity index (χ3v) is 8.42. The molecular weight excluding hydrogens is 438 g/mol. The van der Waals surface area contributed by atoms with E-state index in [1.807, 2.05) is 26.0 Å². The van der Waals surface area contributed by atoms with Gasteiger partial charge in [-0.3, -0.25) is 9.59 Å². The van der Waals surface area contributed by atoms with E-state index in [1.165, 1.54) is 4.31 Å². The van der Waals surface area contributed by atoms with Crippen LogP contribution in [-0.2, 0) is 14.8 Å². The Bertz CT molecular complexity index is 1380. The van der Waals surface area contributed by atoms with Crippen LogP contribution in [0, 0.1) is 6.92 Å². The molecule has 0 aliphatic carbocycles. The molecule has 7 nitrogen and oxygen atoms in total. The summed E-state index contributed by atoms with van der Waals surface area (Å²) in [6.45, 7) is 4.68. The number of hydrogen-bond acceptors (Lipinski definition) is 4. The van der Waals surface area contributed by atoms with Crippen LogP contribution in [0.3, 0.4) is 0 Å². The fraction of sp³-hybridized carbons (Fsp3) is 0.280. The SMILES string of the molecule is CCN1C(=O)c2cccc3c(NC(=O)C4CCCN4S(=O)(=O)c4ccc(C)cc4)ccc1c23. The number of anilines is 2. The molecule has 0 spiro atoms. The first-order valence-corrected chi connectivity index (χ1v) is 12.5. The van der Waals surface area contributed by atoms with Gasteiger partial charge in [0, 0.05) is 35.1 Å². The van der Waals surface area contributed by atoms with E-state index >= 15 is 0 Å². The maximum absolute atomic E-state index is 13.3. The Morgan fingerprint density at radius 1 is 1.09 bits per heavy atom. The van der Waals surface area contributed by atoms with Crippen LogP contribution >= 0.6 is 0 Å². The van der Waals surface area contributed by atoms with Gasteiger partial charge in [0.2, 0.25) is 15.9 Å². The average Bonchev–Trinajstić information content (AvgIpc) is 3.41. The number of carbonyl (C=O) groups excluding carboxylic acids is 2. The maximum Gasteiger partial charge on any atom is 0.258 e. The highest BCUT2D eigenvalue weighted by atomic mass is 32.2. The minimum atomic E-state index is -3.78. The largest absolute Gasteiger partial charge is 0.324 e. The van der Waals surface area contributed by atoms with Crippen LogP contribution < -0.4 is 10.2 Å². The molecule has 0 radical (unpaired) electrons. The molecule has 3 aromatic rings. The lowest BCUT2D eigenvalue weighted by Gasteiger charge is -2.24. The molecule has 2 heterocycles. The van der Waals surface area contributed by atoms with Gasteiger partial charge in [-0.2, -0.15) is 4.31 Å². The number of amides is 2. The normalized spacial score (nSPS) is 18.3. The number of rotatable bonds is 5. The summed E-state index contributed by atoms with van der Waals surface area (Å²) in [5, 5.41) is 4.53. The standard InChI is InChI=1S/C25H25N3O4S/c1-3-27-21-14-13-20(18-6-4-7-19(23(18)21)25(27)30)26-24(29)22-8-5-15-28(22)33(31,32)17-11-9-16(2)10-12-17/h4,6-7,9-14,22H,3,5,8,15H2,1-2H3,(H,26,29). The molecule has 33 heavy (non-hydrogen) atoms. The quantitative estimate of drug-likeness (QED) is 0.621. The molecule has 1 unspecified atom stereocenters. The number of nitrogens with one attached hydrogen (secondary N) is 1. The predicted molar refractivity (Wildman–Crippen MR) is 128 cm³/mol. The highest BCUT2D eigenvalue weighted by molar-refractivity contribution is 7.89. The van der Waals surface area contributed by atoms with E-state index in [4.69, 9.17) is 0 Å². The second-order valence-corrected chi connectivity index (χ2v) is 10.4. The van der Waals surface area contributed by atoms with Crippen LogP contribution in [0.5, 0.6) is 0 Å². The van der Waals surface area contributed by atoms with Crippen molar-refractivity contribution < 1.29 is 18.0 Å². The Morgan fingerprint density at radius 3 is 2.58 bits per heavy atom. The molecule has 5 rings (SSSR count). The van der Waals surface area contributed by atoms with Crippen LogP contribution in [-0.4, -0.2) is 43.7 Å². The number of sulfonamides is 1. The lowest BCUT2D eigenvalue weighted by Crippen LogP contribution is -2.43. The summed E-state index contributed by atoms with van der Waals surface area (Å²) in [5.41, 5.74) is 2.99. The zero-order valence-corrected chi connectivity index (χ0v) is 19.4. The van der Waals surface area contributed by atoms with Gasteiger partial charge in [-0.15, -0.1) is 0 Å². The molecule has 8 heteroatoms. The Balaban J connectivity index is 1.46. The monoisotopic (exact) mass is 463 g/mol. The van der Waals surface area contributed by atoms with Crippen molar-refractivity contribution in [2.75, 3.05) is 23.3 Å². The summed E-state index contributed by atoms with van der Waals surface area (Å²) in [6, 6.07) is 15.0. The number of benzene rings is 3. The number of carbonyl (C=O) groups is 2. The van der Waals surface area contributed by atoms with Gasteiger partial charge in [0.15, 0.2) is 0 Å². The van der Waals surface area contributed by atoms with Crippen molar-refractivity contribution in [2.45, 2.75) is 37.6 Å². The minimum absolute atomic E-state index is 0.0484. The van der Waals surface area contributed by atoms with Crippen molar-refractivity contribution in [3.63, 3.8) is 0 Å². The van der Waals surface area contributed by atoms with Gasteiger partial charge in [-0.1, -0.05) is 29.8 Å². The highest BCUT2D eigenvalue weighted by Gasteiger charge is 2.39. The molecule has 2 aliphatic heterocycles. The first-order chi connectivity index (χ1) is 15.8. The summed E-state index contributed by atoms with van der Waals surface area (Å²) in [7, 11) is -3.78. The van der Waals surface area contributed by atoms with Crippen LogP contribution in [0.1, 0.15) is 35.7 Å². The molecule has 2 amide bonds. The van der Waals surface area contributed by atoms with Crippen LogP contribution in [0.4, 0.5) is 11.4 Å². The van der Waals surface area contributed by atoms with Crippen LogP contribution in [0.15, 0.2) is 59.5 Å². The number of nitrogens with zero attached hydrogens (tertiary/aromatic N) is 2. The zero-order valence-electron chi connectivity index (χ0n) is 18.5. The Morgan fingerprint density at radius 2 is 1.85 bits per heavy atom. The summed E-state index contributed by atoms with van der Waals surface area (Å²) < 4.78 is 27.8. The van der Waals surface area contributed by atoms with E-state index in [0.717, 1.165) is 22.0 Å². The summed E-state index contributed by atoms with van der Waals surface area (Å²) in [4.78, 5) is 27.9. The van der Waals surface area contributed by atoms with Gasteiger partial charge in [0.25, 0.3) is 5.91 Å². The Labute approximate surface area is 193 Å². The van der Waals surface area contributed by atoms with Gasteiger partial charge in [-0.05, 0) is 57.0 Å². The summed E-state index contributed by atoms with van der Waals surface area (Å²) in [5.74, 6) is -0.409. The molecule has 1 N–H and O–H groups in total. The maximum atomic E-state index is 13.3. The first-order valence-electron chi connectivity index (χ1n) is 11.1. The van der Waals surface area contributed by atoms with Crippen molar-refractivity contribution in [3.05, 3.63) is 65.7 Å². The van der Waals surface area contributed by atoms with E-state index in [1.54, 1.807) is 47.4 Å². The molecule has 170 valence electrons. The smallest absolute Gasteiger partial charge is 0.258 e. The lowest BCUT2D eigenvalue weighted by molar-refractivity contribution is -0.119. The van der Waals surface area contributed by atoms with E-state index in [9.17, 15) is 18.0 Å². The topological polar surface area (TPSA) is 86.8 Å². The molecule has 3 aromatic carbocycles. The van der Waals surface area contributed by atoms with Crippen molar-refractivity contribution in [2.24, 2.45) is 0 Å². The van der Waals surface area contributed by atoms with Gasteiger partial charge < -0.3 is 10.2 Å². The zero-order chi connectivity index (χ0) is 23.3.